The van der Waals surface area contributed by atoms with E-state index in [0.29, 0.717) is 38.4 Å². The zero-order chi connectivity index (χ0) is 19.6. The lowest BCUT2D eigenvalue weighted by Gasteiger charge is -2.39. The number of hydrogen-bond acceptors (Lipinski definition) is 2. The lowest BCUT2D eigenvalue weighted by molar-refractivity contribution is -0.146. The molecule has 1 unspecified atom stereocenters. The van der Waals surface area contributed by atoms with Gasteiger partial charge in [-0.25, -0.2) is 8.78 Å². The normalized spacial score (nSPS) is 22.9. The summed E-state index contributed by atoms with van der Waals surface area (Å²) in [5, 5.41) is 0. The Morgan fingerprint density at radius 2 is 2.00 bits per heavy atom. The van der Waals surface area contributed by atoms with Crippen molar-refractivity contribution in [2.75, 3.05) is 19.6 Å². The van der Waals surface area contributed by atoms with E-state index in [-0.39, 0.29) is 23.9 Å². The quantitative estimate of drug-likeness (QED) is 0.783. The van der Waals surface area contributed by atoms with E-state index in [0.717, 1.165) is 25.3 Å². The van der Waals surface area contributed by atoms with Crippen LogP contribution < -0.4 is 0 Å². The van der Waals surface area contributed by atoms with E-state index in [4.69, 9.17) is 0 Å². The Morgan fingerprint density at radius 1 is 1.22 bits per heavy atom. The number of halogens is 2. The van der Waals surface area contributed by atoms with Crippen LogP contribution in [0.15, 0.2) is 18.2 Å². The molecule has 4 nitrogen and oxygen atoms in total. The summed E-state index contributed by atoms with van der Waals surface area (Å²) < 4.78 is 27.5. The molecule has 6 heteroatoms. The summed E-state index contributed by atoms with van der Waals surface area (Å²) in [6.07, 6.45) is 3.58. The highest BCUT2D eigenvalue weighted by atomic mass is 19.2. The molecule has 0 N–H and O–H groups in total. The van der Waals surface area contributed by atoms with Gasteiger partial charge in [-0.1, -0.05) is 26.0 Å². The van der Waals surface area contributed by atoms with E-state index in [1.54, 1.807) is 4.90 Å². The molecule has 0 radical (unpaired) electrons. The zero-order valence-corrected chi connectivity index (χ0v) is 16.1. The van der Waals surface area contributed by atoms with Gasteiger partial charge < -0.3 is 9.80 Å². The van der Waals surface area contributed by atoms with Crippen LogP contribution in [0.25, 0.3) is 0 Å². The summed E-state index contributed by atoms with van der Waals surface area (Å²) in [6, 6.07) is 4.06. The minimum absolute atomic E-state index is 0.0310. The molecule has 2 aliphatic rings. The molecular formula is C21H28F2N2O2. The lowest BCUT2D eigenvalue weighted by Crippen LogP contribution is -2.50. The molecule has 1 aromatic rings. The van der Waals surface area contributed by atoms with Gasteiger partial charge in [-0.2, -0.15) is 0 Å². The highest BCUT2D eigenvalue weighted by Crippen LogP contribution is 2.41. The van der Waals surface area contributed by atoms with E-state index in [1.807, 2.05) is 4.90 Å². The van der Waals surface area contributed by atoms with E-state index in [9.17, 15) is 18.4 Å². The minimum Gasteiger partial charge on any atom is -0.342 e. The Bertz CT molecular complexity index is 722. The predicted molar refractivity (Wildman–Crippen MR) is 98.7 cm³/mol. The zero-order valence-electron chi connectivity index (χ0n) is 16.1. The molecule has 1 atom stereocenters. The minimum atomic E-state index is -0.894. The summed E-state index contributed by atoms with van der Waals surface area (Å²) in [5.74, 6) is -1.23. The molecule has 1 aromatic carbocycles. The Labute approximate surface area is 159 Å². The first-order chi connectivity index (χ1) is 12.8. The van der Waals surface area contributed by atoms with Crippen LogP contribution in [0.5, 0.6) is 0 Å². The van der Waals surface area contributed by atoms with Crippen molar-refractivity contribution in [3.8, 4) is 0 Å². The maximum atomic E-state index is 14.0. The maximum Gasteiger partial charge on any atom is 0.230 e. The molecule has 3 rings (SSSR count). The van der Waals surface area contributed by atoms with E-state index in [2.05, 4.69) is 13.8 Å². The number of carbonyl (C=O) groups excluding carboxylic acids is 2. The molecule has 1 spiro atoms. The third-order valence-corrected chi connectivity index (χ3v) is 5.86. The largest absolute Gasteiger partial charge is 0.342 e. The Balaban J connectivity index is 1.68. The summed E-state index contributed by atoms with van der Waals surface area (Å²) in [7, 11) is 0. The van der Waals surface area contributed by atoms with Crippen molar-refractivity contribution in [3.63, 3.8) is 0 Å². The van der Waals surface area contributed by atoms with Crippen LogP contribution in [0.2, 0.25) is 0 Å². The van der Waals surface area contributed by atoms with Crippen LogP contribution >= 0.6 is 0 Å². The molecule has 2 amide bonds. The van der Waals surface area contributed by atoms with E-state index in [1.165, 1.54) is 12.1 Å². The lowest BCUT2D eigenvalue weighted by atomic mass is 9.78. The molecular weight excluding hydrogens is 350 g/mol. The fourth-order valence-electron chi connectivity index (χ4n) is 4.21. The van der Waals surface area contributed by atoms with Gasteiger partial charge in [0, 0.05) is 38.2 Å². The van der Waals surface area contributed by atoms with Gasteiger partial charge in [-0.3, -0.25) is 9.59 Å². The second-order valence-electron chi connectivity index (χ2n) is 8.32. The highest BCUT2D eigenvalue weighted by molar-refractivity contribution is 5.86. The topological polar surface area (TPSA) is 40.6 Å². The monoisotopic (exact) mass is 378 g/mol. The fraction of sp³-hybridized carbons (Fsp3) is 0.619. The molecule has 2 saturated heterocycles. The number of piperidine rings is 1. The van der Waals surface area contributed by atoms with Crippen molar-refractivity contribution in [1.29, 1.82) is 0 Å². The number of nitrogens with zero attached hydrogens (tertiary/aromatic N) is 2. The first-order valence-electron chi connectivity index (χ1n) is 9.82. The SMILES string of the molecule is CC(C)CCC(=O)N1CCC2(CCCN(Cc3cccc(F)c3F)C2=O)C1. The van der Waals surface area contributed by atoms with E-state index >= 15 is 0 Å². The molecule has 2 fully saturated rings. The van der Waals surface area contributed by atoms with Gasteiger partial charge in [0.05, 0.1) is 5.41 Å². The molecule has 2 aliphatic heterocycles. The molecule has 27 heavy (non-hydrogen) atoms. The molecule has 0 saturated carbocycles. The number of benzene rings is 1. The molecule has 0 aromatic heterocycles. The number of likely N-dealkylation sites (tertiary alicyclic amines) is 2. The van der Waals surface area contributed by atoms with Crippen LogP contribution in [-0.2, 0) is 16.1 Å². The number of amides is 2. The van der Waals surface area contributed by atoms with Crippen molar-refractivity contribution >= 4 is 11.8 Å². The van der Waals surface area contributed by atoms with Crippen LogP contribution in [0.4, 0.5) is 8.78 Å². The van der Waals surface area contributed by atoms with Gasteiger partial charge in [0.15, 0.2) is 11.6 Å². The van der Waals surface area contributed by atoms with Crippen LogP contribution in [-0.4, -0.2) is 41.2 Å². The first kappa shape index (κ1) is 19.8. The van der Waals surface area contributed by atoms with Gasteiger partial charge >= 0.3 is 0 Å². The maximum absolute atomic E-state index is 14.0. The molecule has 2 heterocycles. The number of hydrogen-bond donors (Lipinski definition) is 0. The molecule has 0 bridgehead atoms. The molecule has 148 valence electrons. The van der Waals surface area contributed by atoms with Crippen molar-refractivity contribution in [2.24, 2.45) is 11.3 Å². The van der Waals surface area contributed by atoms with Gasteiger partial charge in [-0.05, 0) is 37.7 Å². The van der Waals surface area contributed by atoms with Crippen molar-refractivity contribution in [2.45, 2.75) is 52.5 Å². The summed E-state index contributed by atoms with van der Waals surface area (Å²) in [5.41, 5.74) is -0.363. The first-order valence-corrected chi connectivity index (χ1v) is 9.82. The predicted octanol–water partition coefficient (Wildman–Crippen LogP) is 3.74. The van der Waals surface area contributed by atoms with Crippen molar-refractivity contribution in [1.82, 2.24) is 9.80 Å². The Morgan fingerprint density at radius 3 is 2.74 bits per heavy atom. The van der Waals surface area contributed by atoms with Gasteiger partial charge in [0.2, 0.25) is 11.8 Å². The standard InChI is InChI=1S/C21H28F2N2O2/c1-15(2)7-8-18(26)25-12-10-21(14-25)9-4-11-24(20(21)27)13-16-5-3-6-17(22)19(16)23/h3,5-6,15H,4,7-14H2,1-2H3. The number of rotatable bonds is 5. The van der Waals surface area contributed by atoms with Crippen LogP contribution in [0.3, 0.4) is 0 Å². The second-order valence-corrected chi connectivity index (χ2v) is 8.32. The van der Waals surface area contributed by atoms with Crippen molar-refractivity contribution in [3.05, 3.63) is 35.4 Å². The smallest absolute Gasteiger partial charge is 0.230 e. The van der Waals surface area contributed by atoms with Crippen LogP contribution in [0, 0.1) is 23.0 Å². The van der Waals surface area contributed by atoms with Gasteiger partial charge in [0.25, 0.3) is 0 Å². The third-order valence-electron chi connectivity index (χ3n) is 5.86. The Hall–Kier alpha value is -1.98. The van der Waals surface area contributed by atoms with Gasteiger partial charge in [0.1, 0.15) is 0 Å². The average molecular weight is 378 g/mol. The van der Waals surface area contributed by atoms with Crippen molar-refractivity contribution < 1.29 is 18.4 Å². The fourth-order valence-corrected chi connectivity index (χ4v) is 4.21. The van der Waals surface area contributed by atoms with Gasteiger partial charge in [-0.15, -0.1) is 0 Å². The van der Waals surface area contributed by atoms with E-state index < -0.39 is 17.0 Å². The Kier molecular flexibility index (Phi) is 5.82. The summed E-state index contributed by atoms with van der Waals surface area (Å²) >= 11 is 0. The second kappa shape index (κ2) is 7.95. The summed E-state index contributed by atoms with van der Waals surface area (Å²) in [4.78, 5) is 29.0. The van der Waals surface area contributed by atoms with Crippen LogP contribution in [0.1, 0.15) is 51.5 Å². The third kappa shape index (κ3) is 4.14. The highest BCUT2D eigenvalue weighted by Gasteiger charge is 2.49. The summed E-state index contributed by atoms with van der Waals surface area (Å²) in [6.45, 7) is 5.85. The number of carbonyl (C=O) groups is 2. The average Bonchev–Trinajstić information content (AvgIpc) is 3.06. The molecule has 0 aliphatic carbocycles.